The van der Waals surface area contributed by atoms with Crippen molar-refractivity contribution in [2.45, 2.75) is 51.7 Å². The monoisotopic (exact) mass is 452 g/mol. The number of methoxy groups -OCH3 is 1. The van der Waals surface area contributed by atoms with E-state index in [1.54, 1.807) is 19.2 Å². The topological polar surface area (TPSA) is 181 Å². The van der Waals surface area contributed by atoms with Crippen molar-refractivity contribution >= 4 is 17.8 Å². The summed E-state index contributed by atoms with van der Waals surface area (Å²) in [5.74, 6) is -1.05. The quantitative estimate of drug-likeness (QED) is 0.0889. The Labute approximate surface area is 186 Å². The fourth-order valence-electron chi connectivity index (χ4n) is 2.92. The van der Waals surface area contributed by atoms with Gasteiger partial charge in [-0.15, -0.1) is 0 Å². The van der Waals surface area contributed by atoms with Crippen LogP contribution in [-0.2, 0) is 16.1 Å². The van der Waals surface area contributed by atoms with E-state index in [0.29, 0.717) is 31.6 Å². The molecular formula is C20H32N6O6. The van der Waals surface area contributed by atoms with Gasteiger partial charge < -0.3 is 31.5 Å². The first kappa shape index (κ1) is 26.6. The first-order valence-electron chi connectivity index (χ1n) is 10.2. The van der Waals surface area contributed by atoms with Crippen LogP contribution >= 0.6 is 0 Å². The van der Waals surface area contributed by atoms with Crippen LogP contribution in [-0.4, -0.2) is 53.7 Å². The Balaban J connectivity index is 2.77. The van der Waals surface area contributed by atoms with Gasteiger partial charge in [-0.2, -0.15) is 0 Å². The molecule has 0 heterocycles. The van der Waals surface area contributed by atoms with Crippen molar-refractivity contribution in [3.8, 4) is 5.75 Å². The number of benzene rings is 1. The number of carboxylic acid groups (broad SMARTS) is 1. The number of nitrogens with one attached hydrogen (secondary N) is 3. The average molecular weight is 453 g/mol. The number of hydrogen-bond donors (Lipinski definition) is 5. The minimum absolute atomic E-state index is 0.0927. The number of carbonyl (C=O) groups is 2. The lowest BCUT2D eigenvalue weighted by molar-refractivity contribution is -0.485. The standard InChI is InChI=1S/C20H32N6O6/c1-13(2)11-17(19(28)29)24-18(27)16(5-4-10-22-20(21)25-26(30)31)23-12-14-6-8-15(32-3)9-7-14/h6-9,13,16-17,23H,4-5,10-12H2,1-3H3,(H,24,27)(H,28,29)(H3,21,22,25)/t16-,17-/m0/s1. The molecule has 0 aromatic heterocycles. The van der Waals surface area contributed by atoms with E-state index in [2.05, 4.69) is 21.1 Å². The molecule has 6 N–H and O–H groups in total. The highest BCUT2D eigenvalue weighted by atomic mass is 16.7. The van der Waals surface area contributed by atoms with Gasteiger partial charge in [0.25, 0.3) is 5.96 Å². The van der Waals surface area contributed by atoms with Crippen LogP contribution in [0.3, 0.4) is 0 Å². The number of amides is 1. The molecule has 12 nitrogen and oxygen atoms in total. The number of nitro groups is 1. The van der Waals surface area contributed by atoms with E-state index < -0.39 is 29.0 Å². The van der Waals surface area contributed by atoms with Crippen molar-refractivity contribution in [3.05, 3.63) is 39.9 Å². The molecule has 0 saturated heterocycles. The highest BCUT2D eigenvalue weighted by Gasteiger charge is 2.25. The predicted molar refractivity (Wildman–Crippen MR) is 118 cm³/mol. The van der Waals surface area contributed by atoms with Crippen molar-refractivity contribution in [2.24, 2.45) is 16.8 Å². The Kier molecular flexibility index (Phi) is 11.5. The van der Waals surface area contributed by atoms with Gasteiger partial charge >= 0.3 is 5.97 Å². The molecule has 1 amide bonds. The maximum absolute atomic E-state index is 12.8. The molecule has 0 aliphatic rings. The smallest absolute Gasteiger partial charge is 0.326 e. The summed E-state index contributed by atoms with van der Waals surface area (Å²) in [5, 5.41) is 30.1. The molecule has 12 heteroatoms. The maximum atomic E-state index is 12.8. The van der Waals surface area contributed by atoms with E-state index in [1.165, 1.54) is 0 Å². The van der Waals surface area contributed by atoms with Crippen molar-refractivity contribution in [1.82, 2.24) is 16.0 Å². The Morgan fingerprint density at radius 3 is 2.44 bits per heavy atom. The van der Waals surface area contributed by atoms with Crippen molar-refractivity contribution in [3.63, 3.8) is 0 Å². The van der Waals surface area contributed by atoms with Crippen molar-refractivity contribution in [2.75, 3.05) is 13.7 Å². The molecule has 1 aromatic carbocycles. The van der Waals surface area contributed by atoms with E-state index >= 15 is 0 Å². The summed E-state index contributed by atoms with van der Waals surface area (Å²) in [5.41, 5.74) is 6.30. The molecule has 0 radical (unpaired) electrons. The Bertz CT molecular complexity index is 783. The van der Waals surface area contributed by atoms with Gasteiger partial charge in [0.05, 0.1) is 13.2 Å². The first-order valence-corrected chi connectivity index (χ1v) is 10.2. The maximum Gasteiger partial charge on any atom is 0.326 e. The number of hydrazone groups is 1. The van der Waals surface area contributed by atoms with Gasteiger partial charge in [0.15, 0.2) is 5.03 Å². The number of nitrogens with zero attached hydrogens (tertiary/aromatic N) is 2. The number of nitrogens with two attached hydrogens (primary N) is 1. The summed E-state index contributed by atoms with van der Waals surface area (Å²) < 4.78 is 5.13. The van der Waals surface area contributed by atoms with Gasteiger partial charge in [-0.3, -0.25) is 4.79 Å². The molecule has 0 aliphatic heterocycles. The van der Waals surface area contributed by atoms with Crippen LogP contribution in [0.4, 0.5) is 0 Å². The third kappa shape index (κ3) is 10.6. The minimum Gasteiger partial charge on any atom is -0.497 e. The number of ether oxygens (including phenoxy) is 1. The molecule has 2 atom stereocenters. The zero-order valence-corrected chi connectivity index (χ0v) is 18.5. The molecule has 0 aliphatic carbocycles. The molecular weight excluding hydrogens is 420 g/mol. The lowest BCUT2D eigenvalue weighted by Gasteiger charge is -2.22. The summed E-state index contributed by atoms with van der Waals surface area (Å²) in [4.78, 5) is 34.7. The number of aliphatic carboxylic acids is 1. The molecule has 1 rings (SSSR count). The van der Waals surface area contributed by atoms with Crippen LogP contribution < -0.4 is 26.4 Å². The zero-order valence-electron chi connectivity index (χ0n) is 18.5. The predicted octanol–water partition coefficient (Wildman–Crippen LogP) is 0.645. The molecule has 1 aromatic rings. The van der Waals surface area contributed by atoms with Gasteiger partial charge in [-0.25, -0.2) is 14.9 Å². The summed E-state index contributed by atoms with van der Waals surface area (Å²) in [6.45, 7) is 4.39. The highest BCUT2D eigenvalue weighted by molar-refractivity contribution is 5.87. The number of hydrogen-bond acceptors (Lipinski definition) is 6. The number of carbonyl (C=O) groups excluding carboxylic acids is 1. The van der Waals surface area contributed by atoms with Crippen molar-refractivity contribution in [1.29, 1.82) is 0 Å². The van der Waals surface area contributed by atoms with Gasteiger partial charge in [-0.05, 0) is 42.9 Å². The van der Waals surface area contributed by atoms with E-state index in [9.17, 15) is 24.8 Å². The van der Waals surface area contributed by atoms with Crippen LogP contribution in [0.15, 0.2) is 29.4 Å². The fraction of sp³-hybridized carbons (Fsp3) is 0.550. The van der Waals surface area contributed by atoms with Crippen molar-refractivity contribution < 1.29 is 24.5 Å². The molecule has 0 saturated carbocycles. The van der Waals surface area contributed by atoms with Gasteiger partial charge in [-0.1, -0.05) is 26.0 Å². The zero-order chi connectivity index (χ0) is 24.1. The third-order valence-corrected chi connectivity index (χ3v) is 4.51. The molecule has 0 unspecified atom stereocenters. The second-order valence-corrected chi connectivity index (χ2v) is 7.60. The molecule has 32 heavy (non-hydrogen) atoms. The van der Waals surface area contributed by atoms with Crippen LogP contribution in [0.5, 0.6) is 5.75 Å². The second-order valence-electron chi connectivity index (χ2n) is 7.60. The fourth-order valence-corrected chi connectivity index (χ4v) is 2.92. The van der Waals surface area contributed by atoms with E-state index in [0.717, 1.165) is 5.56 Å². The Morgan fingerprint density at radius 2 is 1.91 bits per heavy atom. The second kappa shape index (κ2) is 13.8. The van der Waals surface area contributed by atoms with Gasteiger partial charge in [0.1, 0.15) is 16.9 Å². The number of rotatable bonds is 14. The highest BCUT2D eigenvalue weighted by Crippen LogP contribution is 2.12. The molecule has 0 bridgehead atoms. The van der Waals surface area contributed by atoms with Crippen LogP contribution in [0.25, 0.3) is 0 Å². The van der Waals surface area contributed by atoms with E-state index in [-0.39, 0.29) is 18.4 Å². The SMILES string of the molecule is COc1ccc(CN[C@@H](CCCN/C(N)=N/[N+](=O)[O-])C(=O)N[C@@H](CC(C)C)C(=O)O)cc1. The lowest BCUT2D eigenvalue weighted by Crippen LogP contribution is -2.50. The summed E-state index contributed by atoms with van der Waals surface area (Å²) in [7, 11) is 1.57. The Morgan fingerprint density at radius 1 is 1.25 bits per heavy atom. The minimum atomic E-state index is -1.09. The van der Waals surface area contributed by atoms with E-state index in [4.69, 9.17) is 10.5 Å². The summed E-state index contributed by atoms with van der Waals surface area (Å²) in [6, 6.07) is 5.65. The van der Waals surface area contributed by atoms with Gasteiger partial charge in [0.2, 0.25) is 5.91 Å². The largest absolute Gasteiger partial charge is 0.497 e. The van der Waals surface area contributed by atoms with Gasteiger partial charge in [0, 0.05) is 13.1 Å². The lowest BCUT2D eigenvalue weighted by atomic mass is 10.0. The third-order valence-electron chi connectivity index (χ3n) is 4.51. The molecule has 0 fully saturated rings. The molecule has 178 valence electrons. The normalized spacial score (nSPS) is 13.3. The number of carboxylic acids is 1. The van der Waals surface area contributed by atoms with E-state index in [1.807, 2.05) is 26.0 Å². The number of guanidine groups is 1. The first-order chi connectivity index (χ1) is 15.1. The molecule has 0 spiro atoms. The summed E-state index contributed by atoms with van der Waals surface area (Å²) >= 11 is 0. The average Bonchev–Trinajstić information content (AvgIpc) is 2.72. The van der Waals surface area contributed by atoms with Crippen LogP contribution in [0.1, 0.15) is 38.7 Å². The summed E-state index contributed by atoms with van der Waals surface area (Å²) in [6.07, 6.45) is 1.08. The Hall–Kier alpha value is -3.41. The van der Waals surface area contributed by atoms with Crippen LogP contribution in [0, 0.1) is 16.0 Å². The van der Waals surface area contributed by atoms with Crippen LogP contribution in [0.2, 0.25) is 0 Å².